The summed E-state index contributed by atoms with van der Waals surface area (Å²) in [5.41, 5.74) is 6.21. The van der Waals surface area contributed by atoms with Crippen molar-refractivity contribution in [1.82, 2.24) is 5.32 Å². The Morgan fingerprint density at radius 3 is 2.50 bits per heavy atom. The molecule has 0 aliphatic heterocycles. The summed E-state index contributed by atoms with van der Waals surface area (Å²) in [5.74, 6) is -0.0190. The first-order valence-corrected chi connectivity index (χ1v) is 6.47. The van der Waals surface area contributed by atoms with E-state index in [-0.39, 0.29) is 17.8 Å². The van der Waals surface area contributed by atoms with Crippen molar-refractivity contribution >= 4 is 5.91 Å². The fraction of sp³-hybridized carbons (Fsp3) is 0.500. The molecule has 1 amide bonds. The van der Waals surface area contributed by atoms with Crippen LogP contribution in [0.3, 0.4) is 0 Å². The first-order valence-electron chi connectivity index (χ1n) is 6.47. The highest BCUT2D eigenvalue weighted by atomic mass is 19.1. The van der Waals surface area contributed by atoms with Gasteiger partial charge in [-0.3, -0.25) is 4.79 Å². The Morgan fingerprint density at radius 2 is 1.94 bits per heavy atom. The van der Waals surface area contributed by atoms with E-state index in [0.717, 1.165) is 12.8 Å². The van der Waals surface area contributed by atoms with Crippen LogP contribution >= 0.6 is 0 Å². The smallest absolute Gasteiger partial charge is 0.251 e. The van der Waals surface area contributed by atoms with E-state index in [1.165, 1.54) is 37.1 Å². The van der Waals surface area contributed by atoms with Gasteiger partial charge in [0.15, 0.2) is 0 Å². The molecule has 98 valence electrons. The van der Waals surface area contributed by atoms with E-state index in [2.05, 4.69) is 5.32 Å². The fourth-order valence-electron chi connectivity index (χ4n) is 2.58. The molecule has 1 aromatic rings. The Hall–Kier alpha value is -1.42. The molecule has 0 saturated heterocycles. The Balaban J connectivity index is 1.98. The summed E-state index contributed by atoms with van der Waals surface area (Å²) in [7, 11) is 0. The third-order valence-electron chi connectivity index (χ3n) is 3.65. The molecule has 2 rings (SSSR count). The van der Waals surface area contributed by atoms with Crippen LogP contribution in [-0.2, 0) is 0 Å². The normalized spacial score (nSPS) is 17.7. The minimum absolute atomic E-state index is 0.0325. The molecule has 3 N–H and O–H groups in total. The number of hydrogen-bond donors (Lipinski definition) is 2. The van der Waals surface area contributed by atoms with Gasteiger partial charge in [0, 0.05) is 18.2 Å². The van der Waals surface area contributed by atoms with Crippen LogP contribution in [0.5, 0.6) is 0 Å². The molecule has 1 fully saturated rings. The minimum atomic E-state index is -0.335. The van der Waals surface area contributed by atoms with Gasteiger partial charge in [0.25, 0.3) is 5.91 Å². The molecule has 18 heavy (non-hydrogen) atoms. The fourth-order valence-corrected chi connectivity index (χ4v) is 2.58. The summed E-state index contributed by atoms with van der Waals surface area (Å²) in [6, 6.07) is 5.61. The van der Waals surface area contributed by atoms with Crippen molar-refractivity contribution in [3.63, 3.8) is 0 Å². The largest absolute Gasteiger partial charge is 0.348 e. The summed E-state index contributed by atoms with van der Waals surface area (Å²) < 4.78 is 12.8. The summed E-state index contributed by atoms with van der Waals surface area (Å²) in [5, 5.41) is 2.96. The third-order valence-corrected chi connectivity index (χ3v) is 3.65. The van der Waals surface area contributed by atoms with Gasteiger partial charge in [-0.1, -0.05) is 12.8 Å². The van der Waals surface area contributed by atoms with Crippen molar-refractivity contribution in [3.8, 4) is 0 Å². The molecule has 3 nitrogen and oxygen atoms in total. The zero-order chi connectivity index (χ0) is 13.0. The molecular weight excluding hydrogens is 231 g/mol. The van der Waals surface area contributed by atoms with Gasteiger partial charge in [0.2, 0.25) is 0 Å². The van der Waals surface area contributed by atoms with Crippen LogP contribution < -0.4 is 11.1 Å². The number of rotatable bonds is 4. The lowest BCUT2D eigenvalue weighted by atomic mass is 9.98. The molecule has 4 heteroatoms. The molecular formula is C14H19FN2O. The highest BCUT2D eigenvalue weighted by molar-refractivity contribution is 5.94. The summed E-state index contributed by atoms with van der Waals surface area (Å²) in [6.45, 7) is 0.456. The average molecular weight is 250 g/mol. The van der Waals surface area contributed by atoms with Crippen molar-refractivity contribution in [2.45, 2.75) is 31.7 Å². The van der Waals surface area contributed by atoms with E-state index in [1.54, 1.807) is 0 Å². The molecule has 1 aromatic carbocycles. The second kappa shape index (κ2) is 5.96. The molecule has 1 aliphatic rings. The van der Waals surface area contributed by atoms with Gasteiger partial charge in [0.1, 0.15) is 5.82 Å². The standard InChI is InChI=1S/C14H19FN2O/c15-12-7-5-11(6-8-12)14(18)17-13(9-16)10-3-1-2-4-10/h5-8,10,13H,1-4,9,16H2,(H,17,18). The maximum atomic E-state index is 12.8. The number of carbonyl (C=O) groups excluding carboxylic acids is 1. The highest BCUT2D eigenvalue weighted by Gasteiger charge is 2.25. The van der Waals surface area contributed by atoms with Crippen molar-refractivity contribution in [1.29, 1.82) is 0 Å². The SMILES string of the molecule is NCC(NC(=O)c1ccc(F)cc1)C1CCCC1. The van der Waals surface area contributed by atoms with Gasteiger partial charge in [-0.05, 0) is 43.0 Å². The van der Waals surface area contributed by atoms with E-state index >= 15 is 0 Å². The second-order valence-corrected chi connectivity index (χ2v) is 4.87. The molecule has 1 saturated carbocycles. The van der Waals surface area contributed by atoms with Gasteiger partial charge in [0.05, 0.1) is 0 Å². The van der Waals surface area contributed by atoms with Crippen LogP contribution in [0.4, 0.5) is 4.39 Å². The monoisotopic (exact) mass is 250 g/mol. The van der Waals surface area contributed by atoms with Crippen LogP contribution in [0.15, 0.2) is 24.3 Å². The summed E-state index contributed by atoms with van der Waals surface area (Å²) in [6.07, 6.45) is 4.69. The van der Waals surface area contributed by atoms with Gasteiger partial charge in [-0.2, -0.15) is 0 Å². The summed E-state index contributed by atoms with van der Waals surface area (Å²) >= 11 is 0. The topological polar surface area (TPSA) is 55.1 Å². The van der Waals surface area contributed by atoms with E-state index in [1.807, 2.05) is 0 Å². The van der Waals surface area contributed by atoms with Gasteiger partial charge < -0.3 is 11.1 Å². The molecule has 0 heterocycles. The average Bonchev–Trinajstić information content (AvgIpc) is 2.90. The maximum absolute atomic E-state index is 12.8. The number of benzene rings is 1. The first-order chi connectivity index (χ1) is 8.70. The number of nitrogens with two attached hydrogens (primary N) is 1. The van der Waals surface area contributed by atoms with Crippen LogP contribution in [0, 0.1) is 11.7 Å². The Morgan fingerprint density at radius 1 is 1.33 bits per heavy atom. The second-order valence-electron chi connectivity index (χ2n) is 4.87. The minimum Gasteiger partial charge on any atom is -0.348 e. The maximum Gasteiger partial charge on any atom is 0.251 e. The molecule has 1 unspecified atom stereocenters. The van der Waals surface area contributed by atoms with Gasteiger partial charge in [-0.15, -0.1) is 0 Å². The molecule has 0 bridgehead atoms. The van der Waals surface area contributed by atoms with Gasteiger partial charge >= 0.3 is 0 Å². The van der Waals surface area contributed by atoms with Crippen molar-refractivity contribution in [3.05, 3.63) is 35.6 Å². The number of hydrogen-bond acceptors (Lipinski definition) is 2. The highest BCUT2D eigenvalue weighted by Crippen LogP contribution is 2.27. The van der Waals surface area contributed by atoms with Crippen LogP contribution in [-0.4, -0.2) is 18.5 Å². The van der Waals surface area contributed by atoms with E-state index in [4.69, 9.17) is 5.73 Å². The number of nitrogens with one attached hydrogen (secondary N) is 1. The number of halogens is 1. The Kier molecular flexibility index (Phi) is 4.31. The van der Waals surface area contributed by atoms with Crippen LogP contribution in [0.1, 0.15) is 36.0 Å². The molecule has 0 spiro atoms. The predicted molar refractivity (Wildman–Crippen MR) is 68.7 cm³/mol. The number of carbonyl (C=O) groups is 1. The van der Waals surface area contributed by atoms with Crippen LogP contribution in [0.2, 0.25) is 0 Å². The lowest BCUT2D eigenvalue weighted by molar-refractivity contribution is 0.0924. The molecule has 0 radical (unpaired) electrons. The van der Waals surface area contributed by atoms with Crippen molar-refractivity contribution < 1.29 is 9.18 Å². The van der Waals surface area contributed by atoms with E-state index in [0.29, 0.717) is 18.0 Å². The lowest BCUT2D eigenvalue weighted by Crippen LogP contribution is -2.44. The lowest BCUT2D eigenvalue weighted by Gasteiger charge is -2.23. The van der Waals surface area contributed by atoms with Crippen LogP contribution in [0.25, 0.3) is 0 Å². The van der Waals surface area contributed by atoms with E-state index < -0.39 is 0 Å². The van der Waals surface area contributed by atoms with Crippen molar-refractivity contribution in [2.24, 2.45) is 11.7 Å². The Labute approximate surface area is 107 Å². The molecule has 1 aliphatic carbocycles. The predicted octanol–water partition coefficient (Wildman–Crippen LogP) is 2.07. The Bertz CT molecular complexity index is 399. The van der Waals surface area contributed by atoms with Gasteiger partial charge in [-0.25, -0.2) is 4.39 Å². The molecule has 0 aromatic heterocycles. The number of amides is 1. The quantitative estimate of drug-likeness (QED) is 0.859. The first kappa shape index (κ1) is 13.0. The van der Waals surface area contributed by atoms with Crippen molar-refractivity contribution in [2.75, 3.05) is 6.54 Å². The zero-order valence-electron chi connectivity index (χ0n) is 10.4. The van der Waals surface area contributed by atoms with E-state index in [9.17, 15) is 9.18 Å². The summed E-state index contributed by atoms with van der Waals surface area (Å²) in [4.78, 5) is 12.0. The zero-order valence-corrected chi connectivity index (χ0v) is 10.4. The molecule has 1 atom stereocenters. The third kappa shape index (κ3) is 3.07.